The molecule has 8 nitrogen and oxygen atoms in total. The van der Waals surface area contributed by atoms with E-state index in [9.17, 15) is 18.8 Å². The van der Waals surface area contributed by atoms with E-state index in [1.54, 1.807) is 41.0 Å². The number of nitrogens with one attached hydrogen (secondary N) is 1. The molecule has 1 unspecified atom stereocenters. The van der Waals surface area contributed by atoms with E-state index in [0.717, 1.165) is 12.8 Å². The molecule has 0 saturated carbocycles. The number of amides is 3. The molecule has 4 rings (SSSR count). The Labute approximate surface area is 180 Å². The van der Waals surface area contributed by atoms with Gasteiger partial charge < -0.3 is 15.1 Å². The Balaban J connectivity index is 1.26. The van der Waals surface area contributed by atoms with Crippen LogP contribution in [-0.4, -0.2) is 58.6 Å². The van der Waals surface area contributed by atoms with Gasteiger partial charge in [-0.15, -0.1) is 0 Å². The summed E-state index contributed by atoms with van der Waals surface area (Å²) in [6.07, 6.45) is 4.88. The van der Waals surface area contributed by atoms with Crippen molar-refractivity contribution < 1.29 is 18.8 Å². The molecule has 1 aromatic carbocycles. The minimum absolute atomic E-state index is 0.0509. The number of benzene rings is 1. The van der Waals surface area contributed by atoms with Gasteiger partial charge in [0.15, 0.2) is 0 Å². The van der Waals surface area contributed by atoms with Gasteiger partial charge >= 0.3 is 0 Å². The average Bonchev–Trinajstić information content (AvgIpc) is 3.38. The van der Waals surface area contributed by atoms with Gasteiger partial charge in [-0.05, 0) is 30.9 Å². The lowest BCUT2D eigenvalue weighted by atomic mass is 9.95. The number of carbonyl (C=O) groups excluding carboxylic acids is 3. The second-order valence-electron chi connectivity index (χ2n) is 8.24. The third kappa shape index (κ3) is 4.60. The van der Waals surface area contributed by atoms with E-state index >= 15 is 0 Å². The number of aryl methyl sites for hydroxylation is 1. The predicted molar refractivity (Wildman–Crippen MR) is 112 cm³/mol. The van der Waals surface area contributed by atoms with Gasteiger partial charge in [0, 0.05) is 45.8 Å². The Morgan fingerprint density at radius 2 is 1.97 bits per heavy atom. The van der Waals surface area contributed by atoms with Crippen molar-refractivity contribution in [2.24, 2.45) is 18.9 Å². The summed E-state index contributed by atoms with van der Waals surface area (Å²) in [6, 6.07) is 6.13. The summed E-state index contributed by atoms with van der Waals surface area (Å²) >= 11 is 0. The zero-order valence-corrected chi connectivity index (χ0v) is 17.5. The van der Waals surface area contributed by atoms with Crippen molar-refractivity contribution in [3.8, 4) is 0 Å². The smallest absolute Gasteiger partial charge is 0.254 e. The van der Waals surface area contributed by atoms with Crippen LogP contribution in [0, 0.1) is 17.7 Å². The maximum absolute atomic E-state index is 14.1. The Kier molecular flexibility index (Phi) is 6.01. The van der Waals surface area contributed by atoms with Crippen molar-refractivity contribution in [3.63, 3.8) is 0 Å². The number of aromatic nitrogens is 2. The van der Waals surface area contributed by atoms with E-state index in [4.69, 9.17) is 0 Å². The fourth-order valence-electron chi connectivity index (χ4n) is 4.27. The summed E-state index contributed by atoms with van der Waals surface area (Å²) in [4.78, 5) is 40.7. The number of rotatable bonds is 5. The zero-order valence-electron chi connectivity index (χ0n) is 17.5. The van der Waals surface area contributed by atoms with Crippen LogP contribution in [-0.2, 0) is 16.6 Å². The van der Waals surface area contributed by atoms with Gasteiger partial charge in [0.1, 0.15) is 5.82 Å². The first kappa shape index (κ1) is 21.0. The van der Waals surface area contributed by atoms with Gasteiger partial charge in [0.05, 0.1) is 23.4 Å². The van der Waals surface area contributed by atoms with Crippen LogP contribution in [0.1, 0.15) is 29.6 Å². The Bertz CT molecular complexity index is 983. The molecule has 0 aliphatic carbocycles. The van der Waals surface area contributed by atoms with Gasteiger partial charge in [-0.2, -0.15) is 5.10 Å². The minimum Gasteiger partial charge on any atom is -0.352 e. The maximum Gasteiger partial charge on any atom is 0.254 e. The van der Waals surface area contributed by atoms with Crippen LogP contribution in [0.5, 0.6) is 0 Å². The highest BCUT2D eigenvalue weighted by atomic mass is 19.1. The largest absolute Gasteiger partial charge is 0.352 e. The molecule has 2 aliphatic rings. The molecule has 164 valence electrons. The number of likely N-dealkylation sites (tertiary alicyclic amines) is 1. The molecule has 31 heavy (non-hydrogen) atoms. The Hall–Kier alpha value is -3.23. The monoisotopic (exact) mass is 427 g/mol. The second-order valence-corrected chi connectivity index (χ2v) is 8.24. The van der Waals surface area contributed by atoms with Gasteiger partial charge in [-0.25, -0.2) is 4.39 Å². The molecule has 3 amide bonds. The highest BCUT2D eigenvalue weighted by Crippen LogP contribution is 2.29. The van der Waals surface area contributed by atoms with Crippen LogP contribution in [0.25, 0.3) is 0 Å². The SMILES string of the molecule is Cn1cc(C(=O)NCC2CCN(C(=O)C3CC(=O)N(c4ccccc4F)C3)CC2)cn1. The highest BCUT2D eigenvalue weighted by molar-refractivity contribution is 6.00. The number of nitrogens with zero attached hydrogens (tertiary/aromatic N) is 4. The molecule has 0 radical (unpaired) electrons. The summed E-state index contributed by atoms with van der Waals surface area (Å²) < 4.78 is 15.6. The molecule has 1 aromatic heterocycles. The lowest BCUT2D eigenvalue weighted by Crippen LogP contribution is -2.44. The van der Waals surface area contributed by atoms with Crippen molar-refractivity contribution >= 4 is 23.4 Å². The number of piperidine rings is 1. The van der Waals surface area contributed by atoms with Crippen molar-refractivity contribution in [2.45, 2.75) is 19.3 Å². The number of halogens is 1. The van der Waals surface area contributed by atoms with Crippen LogP contribution in [0.4, 0.5) is 10.1 Å². The second kappa shape index (κ2) is 8.87. The lowest BCUT2D eigenvalue weighted by molar-refractivity contribution is -0.137. The lowest BCUT2D eigenvalue weighted by Gasteiger charge is -2.33. The molecule has 3 heterocycles. The Morgan fingerprint density at radius 1 is 1.23 bits per heavy atom. The number of hydrogen-bond acceptors (Lipinski definition) is 4. The third-order valence-electron chi connectivity index (χ3n) is 6.06. The quantitative estimate of drug-likeness (QED) is 0.785. The molecular formula is C22H26FN5O3. The van der Waals surface area contributed by atoms with Crippen LogP contribution in [0.2, 0.25) is 0 Å². The predicted octanol–water partition coefficient (Wildman–Crippen LogP) is 1.58. The van der Waals surface area contributed by atoms with E-state index in [-0.39, 0.29) is 36.4 Å². The maximum atomic E-state index is 14.1. The van der Waals surface area contributed by atoms with E-state index < -0.39 is 11.7 Å². The number of anilines is 1. The molecule has 0 bridgehead atoms. The summed E-state index contributed by atoms with van der Waals surface area (Å²) in [5.74, 6) is -1.04. The van der Waals surface area contributed by atoms with Crippen molar-refractivity contribution in [2.75, 3.05) is 31.1 Å². The summed E-state index contributed by atoms with van der Waals surface area (Å²) in [6.45, 7) is 1.95. The molecular weight excluding hydrogens is 401 g/mol. The van der Waals surface area contributed by atoms with Crippen LogP contribution in [0.15, 0.2) is 36.7 Å². The first-order chi connectivity index (χ1) is 14.9. The molecule has 1 N–H and O–H groups in total. The van der Waals surface area contributed by atoms with Crippen molar-refractivity contribution in [1.82, 2.24) is 20.0 Å². The van der Waals surface area contributed by atoms with E-state index in [1.807, 2.05) is 0 Å². The number of hydrogen-bond donors (Lipinski definition) is 1. The first-order valence-electron chi connectivity index (χ1n) is 10.5. The van der Waals surface area contributed by atoms with Gasteiger partial charge in [-0.3, -0.25) is 19.1 Å². The molecule has 9 heteroatoms. The summed E-state index contributed by atoms with van der Waals surface area (Å²) in [5, 5.41) is 6.93. The fourth-order valence-corrected chi connectivity index (χ4v) is 4.27. The highest BCUT2D eigenvalue weighted by Gasteiger charge is 2.38. The van der Waals surface area contributed by atoms with E-state index in [0.29, 0.717) is 31.1 Å². The minimum atomic E-state index is -0.460. The molecule has 2 aromatic rings. The zero-order chi connectivity index (χ0) is 22.0. The molecule has 2 fully saturated rings. The molecule has 0 spiro atoms. The average molecular weight is 427 g/mol. The summed E-state index contributed by atoms with van der Waals surface area (Å²) in [7, 11) is 1.76. The van der Waals surface area contributed by atoms with Gasteiger partial charge in [-0.1, -0.05) is 12.1 Å². The van der Waals surface area contributed by atoms with Crippen LogP contribution in [0.3, 0.4) is 0 Å². The van der Waals surface area contributed by atoms with Crippen LogP contribution >= 0.6 is 0 Å². The number of carbonyl (C=O) groups is 3. The van der Waals surface area contributed by atoms with E-state index in [2.05, 4.69) is 10.4 Å². The molecule has 2 saturated heterocycles. The first-order valence-corrected chi connectivity index (χ1v) is 10.5. The van der Waals surface area contributed by atoms with Gasteiger partial charge in [0.25, 0.3) is 5.91 Å². The fraction of sp³-hybridized carbons (Fsp3) is 0.455. The third-order valence-corrected chi connectivity index (χ3v) is 6.06. The Morgan fingerprint density at radius 3 is 2.65 bits per heavy atom. The molecule has 1 atom stereocenters. The summed E-state index contributed by atoms with van der Waals surface area (Å²) in [5.41, 5.74) is 0.756. The molecule has 2 aliphatic heterocycles. The van der Waals surface area contributed by atoms with E-state index in [1.165, 1.54) is 17.2 Å². The standard InChI is InChI=1S/C22H26FN5O3/c1-26-13-17(12-25-26)21(30)24-11-15-6-8-27(9-7-15)22(31)16-10-20(29)28(14-16)19-5-3-2-4-18(19)23/h2-5,12-13,15-16H,6-11,14H2,1H3,(H,24,30). The van der Waals surface area contributed by atoms with Crippen LogP contribution < -0.4 is 10.2 Å². The van der Waals surface area contributed by atoms with Crippen molar-refractivity contribution in [1.29, 1.82) is 0 Å². The normalized spacial score (nSPS) is 19.7. The number of para-hydroxylation sites is 1. The van der Waals surface area contributed by atoms with Gasteiger partial charge in [0.2, 0.25) is 11.8 Å². The van der Waals surface area contributed by atoms with Crippen molar-refractivity contribution in [3.05, 3.63) is 48.0 Å². The topological polar surface area (TPSA) is 87.5 Å².